The molecule has 0 amide bonds. The lowest BCUT2D eigenvalue weighted by molar-refractivity contribution is -0.156. The fraction of sp³-hybridized carbons (Fsp3) is 0.258. The van der Waals surface area contributed by atoms with Gasteiger partial charge in [-0.1, -0.05) is 57.9 Å². The number of ether oxygens (including phenoxy) is 3. The molecular weight excluding hydrogens is 584 g/mol. The normalized spacial score (nSPS) is 23.4. The van der Waals surface area contributed by atoms with E-state index in [-0.39, 0.29) is 6.61 Å². The molecule has 0 saturated carbocycles. The third-order valence-corrected chi connectivity index (χ3v) is 8.19. The van der Waals surface area contributed by atoms with Crippen LogP contribution in [0, 0.1) is 11.8 Å². The highest BCUT2D eigenvalue weighted by Crippen LogP contribution is 2.57. The molecule has 3 aromatic rings. The minimum atomic E-state index is -0.938. The van der Waals surface area contributed by atoms with E-state index in [2.05, 4.69) is 15.9 Å². The van der Waals surface area contributed by atoms with Crippen LogP contribution in [-0.2, 0) is 19.1 Å². The molecule has 0 saturated heterocycles. The van der Waals surface area contributed by atoms with Crippen molar-refractivity contribution in [3.8, 4) is 11.5 Å². The fourth-order valence-corrected chi connectivity index (χ4v) is 6.23. The van der Waals surface area contributed by atoms with E-state index < -0.39 is 41.5 Å². The number of rotatable bonds is 7. The number of halogens is 2. The van der Waals surface area contributed by atoms with E-state index in [4.69, 9.17) is 25.8 Å². The van der Waals surface area contributed by atoms with Crippen molar-refractivity contribution in [1.82, 2.24) is 0 Å². The average molecular weight is 610 g/mol. The Morgan fingerprint density at radius 2 is 1.72 bits per heavy atom. The van der Waals surface area contributed by atoms with Gasteiger partial charge in [0.25, 0.3) is 0 Å². The van der Waals surface area contributed by atoms with Gasteiger partial charge in [-0.2, -0.15) is 0 Å². The number of aldehydes is 1. The molecule has 0 unspecified atom stereocenters. The molecule has 8 heteroatoms. The Bertz CT molecular complexity index is 1430. The van der Waals surface area contributed by atoms with Crippen LogP contribution in [0.15, 0.2) is 82.9 Å². The van der Waals surface area contributed by atoms with E-state index in [0.717, 1.165) is 16.3 Å². The monoisotopic (exact) mass is 608 g/mol. The predicted molar refractivity (Wildman–Crippen MR) is 150 cm³/mol. The highest BCUT2D eigenvalue weighted by atomic mass is 79.9. The molecule has 39 heavy (non-hydrogen) atoms. The Balaban J connectivity index is 1.75. The van der Waals surface area contributed by atoms with Crippen LogP contribution in [0.1, 0.15) is 41.6 Å². The number of hydrogen-bond donors (Lipinski definition) is 0. The van der Waals surface area contributed by atoms with Crippen LogP contribution >= 0.6 is 27.5 Å². The Morgan fingerprint density at radius 3 is 2.36 bits per heavy atom. The van der Waals surface area contributed by atoms with E-state index >= 15 is 0 Å². The van der Waals surface area contributed by atoms with Gasteiger partial charge in [0.1, 0.15) is 23.9 Å². The van der Waals surface area contributed by atoms with Crippen LogP contribution in [0.4, 0.5) is 0 Å². The van der Waals surface area contributed by atoms with Gasteiger partial charge < -0.3 is 14.2 Å². The van der Waals surface area contributed by atoms with E-state index in [1.54, 1.807) is 44.4 Å². The second-order valence-corrected chi connectivity index (χ2v) is 10.9. The SMILES string of the molecule is CCOC(=O)C(=O)[C@@H]1[C@@H]2c3cc(Cl)ccc3O[C@H](c3ccc(Br)cc3)[C@H]2C=C(C=O)[C@H]1c1ccc(OC)cc1. The highest BCUT2D eigenvalue weighted by molar-refractivity contribution is 9.10. The molecule has 3 aromatic carbocycles. The van der Waals surface area contributed by atoms with Crippen LogP contribution in [0.2, 0.25) is 5.02 Å². The third kappa shape index (κ3) is 5.13. The van der Waals surface area contributed by atoms with Crippen molar-refractivity contribution in [1.29, 1.82) is 0 Å². The first-order valence-electron chi connectivity index (χ1n) is 12.6. The van der Waals surface area contributed by atoms with Gasteiger partial charge in [0.2, 0.25) is 5.78 Å². The smallest absolute Gasteiger partial charge is 0.374 e. The molecule has 1 aliphatic heterocycles. The molecule has 6 nitrogen and oxygen atoms in total. The number of fused-ring (bicyclic) bond motifs is 3. The Labute approximate surface area is 240 Å². The van der Waals surface area contributed by atoms with Gasteiger partial charge >= 0.3 is 5.97 Å². The van der Waals surface area contributed by atoms with Crippen LogP contribution in [-0.4, -0.2) is 31.8 Å². The number of allylic oxidation sites excluding steroid dienone is 1. The van der Waals surface area contributed by atoms with Gasteiger partial charge in [-0.05, 0) is 66.1 Å². The molecule has 0 N–H and O–H groups in total. The first-order valence-corrected chi connectivity index (χ1v) is 13.8. The molecule has 5 atom stereocenters. The first kappa shape index (κ1) is 27.2. The molecule has 0 radical (unpaired) electrons. The second-order valence-electron chi connectivity index (χ2n) is 9.52. The number of Topliss-reactive ketones (excluding diaryl/α,β-unsaturated/α-hetero) is 1. The van der Waals surface area contributed by atoms with Gasteiger partial charge in [0.15, 0.2) is 0 Å². The minimum absolute atomic E-state index is 0.0576. The van der Waals surface area contributed by atoms with Crippen molar-refractivity contribution in [2.24, 2.45) is 11.8 Å². The average Bonchev–Trinajstić information content (AvgIpc) is 2.96. The largest absolute Gasteiger partial charge is 0.497 e. The summed E-state index contributed by atoms with van der Waals surface area (Å²) in [5, 5.41) is 0.478. The molecule has 0 aromatic heterocycles. The summed E-state index contributed by atoms with van der Waals surface area (Å²) in [6, 6.07) is 20.2. The minimum Gasteiger partial charge on any atom is -0.497 e. The maximum absolute atomic E-state index is 14.0. The zero-order valence-corrected chi connectivity index (χ0v) is 23.6. The zero-order chi connectivity index (χ0) is 27.7. The summed E-state index contributed by atoms with van der Waals surface area (Å²) < 4.78 is 17.9. The molecule has 1 aliphatic carbocycles. The summed E-state index contributed by atoms with van der Waals surface area (Å²) in [5.74, 6) is -3.00. The maximum atomic E-state index is 14.0. The van der Waals surface area contributed by atoms with Crippen LogP contribution < -0.4 is 9.47 Å². The highest BCUT2D eigenvalue weighted by Gasteiger charge is 2.52. The zero-order valence-electron chi connectivity index (χ0n) is 21.3. The summed E-state index contributed by atoms with van der Waals surface area (Å²) in [7, 11) is 1.56. The second kappa shape index (κ2) is 11.4. The predicted octanol–water partition coefficient (Wildman–Crippen LogP) is 6.62. The third-order valence-electron chi connectivity index (χ3n) is 7.43. The summed E-state index contributed by atoms with van der Waals surface area (Å²) in [6.07, 6.45) is 2.14. The number of carbonyl (C=O) groups excluding carboxylic acids is 3. The number of esters is 1. The molecule has 5 rings (SSSR count). The summed E-state index contributed by atoms with van der Waals surface area (Å²) >= 11 is 9.92. The Morgan fingerprint density at radius 1 is 1.03 bits per heavy atom. The lowest BCUT2D eigenvalue weighted by atomic mass is 9.59. The number of methoxy groups -OCH3 is 1. The van der Waals surface area contributed by atoms with Crippen molar-refractivity contribution >= 4 is 45.6 Å². The summed E-state index contributed by atoms with van der Waals surface area (Å²) in [5.41, 5.74) is 2.70. The number of carbonyl (C=O) groups is 3. The first-order chi connectivity index (χ1) is 18.9. The molecule has 0 spiro atoms. The van der Waals surface area contributed by atoms with Gasteiger partial charge in [0, 0.05) is 38.7 Å². The van der Waals surface area contributed by atoms with Gasteiger partial charge in [-0.15, -0.1) is 0 Å². The fourth-order valence-electron chi connectivity index (χ4n) is 5.78. The molecule has 0 fully saturated rings. The van der Waals surface area contributed by atoms with E-state index in [1.165, 1.54) is 0 Å². The molecule has 0 bridgehead atoms. The van der Waals surface area contributed by atoms with Crippen LogP contribution in [0.5, 0.6) is 11.5 Å². The quantitative estimate of drug-likeness (QED) is 0.170. The van der Waals surface area contributed by atoms with Crippen LogP contribution in [0.3, 0.4) is 0 Å². The van der Waals surface area contributed by atoms with E-state index in [9.17, 15) is 14.4 Å². The van der Waals surface area contributed by atoms with E-state index in [1.807, 2.05) is 42.5 Å². The lowest BCUT2D eigenvalue weighted by Gasteiger charge is -2.47. The topological polar surface area (TPSA) is 78.9 Å². The summed E-state index contributed by atoms with van der Waals surface area (Å²) in [6.45, 7) is 1.71. The summed E-state index contributed by atoms with van der Waals surface area (Å²) in [4.78, 5) is 39.6. The number of benzene rings is 3. The molecule has 200 valence electrons. The van der Waals surface area contributed by atoms with Crippen molar-refractivity contribution in [3.63, 3.8) is 0 Å². The maximum Gasteiger partial charge on any atom is 0.374 e. The van der Waals surface area contributed by atoms with Crippen molar-refractivity contribution in [2.75, 3.05) is 13.7 Å². The van der Waals surface area contributed by atoms with Gasteiger partial charge in [-0.3, -0.25) is 9.59 Å². The number of ketones is 1. The van der Waals surface area contributed by atoms with Crippen molar-refractivity contribution in [2.45, 2.75) is 24.9 Å². The molecule has 1 heterocycles. The van der Waals surface area contributed by atoms with Crippen LogP contribution in [0.25, 0.3) is 0 Å². The Kier molecular flexibility index (Phi) is 7.91. The van der Waals surface area contributed by atoms with Crippen molar-refractivity contribution in [3.05, 3.63) is 105 Å². The van der Waals surface area contributed by atoms with E-state index in [0.29, 0.717) is 33.2 Å². The van der Waals surface area contributed by atoms with Gasteiger partial charge in [0.05, 0.1) is 13.7 Å². The van der Waals surface area contributed by atoms with Crippen molar-refractivity contribution < 1.29 is 28.6 Å². The molecule has 2 aliphatic rings. The molecular formula is C31H26BrClO6. The van der Waals surface area contributed by atoms with Gasteiger partial charge in [-0.25, -0.2) is 4.79 Å². The number of hydrogen-bond acceptors (Lipinski definition) is 6. The Hall–Kier alpha value is -3.42. The lowest BCUT2D eigenvalue weighted by Crippen LogP contribution is -2.44. The standard InChI is InChI=1S/C31H26BrClO6/c1-3-38-31(36)29(35)28-26(17-6-11-22(37-2)12-7-17)19(16-34)14-24-27(28)23-15-21(33)10-13-25(23)39-30(24)18-4-8-20(32)9-5-18/h4-16,24,26-28,30H,3H2,1-2H3/t24-,26+,27+,28-,30+/m0/s1.